The first-order valence-corrected chi connectivity index (χ1v) is 6.28. The SMILES string of the molecule is CC(C)N(CC1(N=C=O)CC1)C(=O)OC(C)(C)C. The smallest absolute Gasteiger partial charge is 0.410 e. The van der Waals surface area contributed by atoms with Crippen LogP contribution in [0.25, 0.3) is 0 Å². The third kappa shape index (κ3) is 4.15. The fourth-order valence-corrected chi connectivity index (χ4v) is 1.64. The lowest BCUT2D eigenvalue weighted by Gasteiger charge is -2.31. The zero-order valence-electron chi connectivity index (χ0n) is 11.8. The summed E-state index contributed by atoms with van der Waals surface area (Å²) < 4.78 is 5.36. The van der Waals surface area contributed by atoms with Crippen LogP contribution >= 0.6 is 0 Å². The molecule has 18 heavy (non-hydrogen) atoms. The van der Waals surface area contributed by atoms with E-state index in [9.17, 15) is 9.59 Å². The van der Waals surface area contributed by atoms with Crippen molar-refractivity contribution in [2.75, 3.05) is 6.54 Å². The number of amides is 1. The summed E-state index contributed by atoms with van der Waals surface area (Å²) >= 11 is 0. The number of aliphatic imine (C=N–C) groups is 1. The van der Waals surface area contributed by atoms with E-state index in [-0.39, 0.29) is 12.1 Å². The van der Waals surface area contributed by atoms with E-state index in [4.69, 9.17) is 4.74 Å². The Morgan fingerprint density at radius 1 is 1.44 bits per heavy atom. The van der Waals surface area contributed by atoms with E-state index >= 15 is 0 Å². The van der Waals surface area contributed by atoms with Crippen molar-refractivity contribution in [3.05, 3.63) is 0 Å². The zero-order chi connectivity index (χ0) is 14.0. The van der Waals surface area contributed by atoms with Gasteiger partial charge >= 0.3 is 6.09 Å². The molecule has 5 nitrogen and oxygen atoms in total. The van der Waals surface area contributed by atoms with Gasteiger partial charge in [-0.05, 0) is 47.5 Å². The number of carbonyl (C=O) groups excluding carboxylic acids is 2. The van der Waals surface area contributed by atoms with Crippen molar-refractivity contribution < 1.29 is 14.3 Å². The van der Waals surface area contributed by atoms with Crippen LogP contribution < -0.4 is 0 Å². The van der Waals surface area contributed by atoms with E-state index in [1.54, 1.807) is 11.0 Å². The average molecular weight is 254 g/mol. The van der Waals surface area contributed by atoms with E-state index in [1.807, 2.05) is 34.6 Å². The van der Waals surface area contributed by atoms with Gasteiger partial charge < -0.3 is 9.64 Å². The minimum absolute atomic E-state index is 0.0131. The van der Waals surface area contributed by atoms with Crippen LogP contribution in [0.15, 0.2) is 4.99 Å². The first kappa shape index (κ1) is 14.7. The molecule has 1 rings (SSSR count). The fraction of sp³-hybridized carbons (Fsp3) is 0.846. The largest absolute Gasteiger partial charge is 0.444 e. The molecule has 0 atom stereocenters. The van der Waals surface area contributed by atoms with Gasteiger partial charge in [-0.2, -0.15) is 4.99 Å². The van der Waals surface area contributed by atoms with Gasteiger partial charge in [-0.25, -0.2) is 9.59 Å². The number of isocyanates is 1. The molecule has 0 aromatic rings. The van der Waals surface area contributed by atoms with E-state index in [1.165, 1.54) is 0 Å². The standard InChI is InChI=1S/C13H22N2O3/c1-10(2)15(11(17)18-12(3,4)5)8-13(6-7-13)14-9-16/h10H,6-8H2,1-5H3. The van der Waals surface area contributed by atoms with Crippen molar-refractivity contribution in [2.24, 2.45) is 4.99 Å². The van der Waals surface area contributed by atoms with Crippen LogP contribution in [-0.2, 0) is 9.53 Å². The Morgan fingerprint density at radius 3 is 2.33 bits per heavy atom. The topological polar surface area (TPSA) is 59.0 Å². The van der Waals surface area contributed by atoms with E-state index in [0.717, 1.165) is 12.8 Å². The fourth-order valence-electron chi connectivity index (χ4n) is 1.64. The number of carbonyl (C=O) groups is 1. The Kier molecular flexibility index (Phi) is 4.17. The quantitative estimate of drug-likeness (QED) is 0.572. The van der Waals surface area contributed by atoms with Gasteiger partial charge in [0.25, 0.3) is 0 Å². The summed E-state index contributed by atoms with van der Waals surface area (Å²) in [7, 11) is 0. The van der Waals surface area contributed by atoms with Gasteiger partial charge in [-0.1, -0.05) is 0 Å². The highest BCUT2D eigenvalue weighted by Crippen LogP contribution is 2.40. The Labute approximate surface area is 108 Å². The maximum Gasteiger partial charge on any atom is 0.410 e. The molecule has 0 aromatic heterocycles. The number of rotatable bonds is 4. The van der Waals surface area contributed by atoms with Crippen LogP contribution in [0.2, 0.25) is 0 Å². The van der Waals surface area contributed by atoms with Crippen molar-refractivity contribution in [1.82, 2.24) is 4.90 Å². The number of hydrogen-bond donors (Lipinski definition) is 0. The number of nitrogens with zero attached hydrogens (tertiary/aromatic N) is 2. The molecule has 1 aliphatic rings. The monoisotopic (exact) mass is 254 g/mol. The Balaban J connectivity index is 2.72. The third-order valence-electron chi connectivity index (χ3n) is 2.83. The van der Waals surface area contributed by atoms with E-state index in [0.29, 0.717) is 6.54 Å². The molecule has 0 radical (unpaired) electrons. The number of ether oxygens (including phenoxy) is 1. The number of hydrogen-bond acceptors (Lipinski definition) is 4. The molecule has 1 fully saturated rings. The minimum Gasteiger partial charge on any atom is -0.444 e. The maximum absolute atomic E-state index is 12.1. The first-order valence-electron chi connectivity index (χ1n) is 6.28. The average Bonchev–Trinajstić information content (AvgIpc) is 2.92. The van der Waals surface area contributed by atoms with Crippen molar-refractivity contribution in [3.8, 4) is 0 Å². The van der Waals surface area contributed by atoms with Gasteiger partial charge in [0, 0.05) is 6.04 Å². The summed E-state index contributed by atoms with van der Waals surface area (Å²) in [4.78, 5) is 27.9. The summed E-state index contributed by atoms with van der Waals surface area (Å²) in [6.07, 6.45) is 2.90. The molecule has 0 aromatic carbocycles. The second-order valence-corrected chi connectivity index (χ2v) is 6.13. The molecule has 102 valence electrons. The predicted octanol–water partition coefficient (Wildman–Crippen LogP) is 2.50. The van der Waals surface area contributed by atoms with Crippen molar-refractivity contribution >= 4 is 12.2 Å². The molecular formula is C13H22N2O3. The minimum atomic E-state index is -0.519. The molecule has 0 bridgehead atoms. The van der Waals surface area contributed by atoms with Gasteiger partial charge in [-0.15, -0.1) is 0 Å². The van der Waals surface area contributed by atoms with Gasteiger partial charge in [0.15, 0.2) is 0 Å². The van der Waals surface area contributed by atoms with Crippen LogP contribution in [0.3, 0.4) is 0 Å². The second kappa shape index (κ2) is 5.11. The summed E-state index contributed by atoms with van der Waals surface area (Å²) in [5.41, 5.74) is -0.933. The molecule has 0 aliphatic heterocycles. The Morgan fingerprint density at radius 2 is 2.00 bits per heavy atom. The van der Waals surface area contributed by atoms with Crippen LogP contribution in [0.1, 0.15) is 47.5 Å². The highest BCUT2D eigenvalue weighted by molar-refractivity contribution is 5.68. The molecule has 0 saturated heterocycles. The Hall–Kier alpha value is -1.35. The highest BCUT2D eigenvalue weighted by Gasteiger charge is 2.46. The molecule has 1 amide bonds. The normalized spacial score (nSPS) is 17.0. The molecule has 0 heterocycles. The van der Waals surface area contributed by atoms with Crippen molar-refractivity contribution in [1.29, 1.82) is 0 Å². The van der Waals surface area contributed by atoms with Gasteiger partial charge in [-0.3, -0.25) is 0 Å². The van der Waals surface area contributed by atoms with Crippen molar-refractivity contribution in [2.45, 2.75) is 64.6 Å². The summed E-state index contributed by atoms with van der Waals surface area (Å²) in [6.45, 7) is 9.77. The molecule has 1 aliphatic carbocycles. The highest BCUT2D eigenvalue weighted by atomic mass is 16.6. The lowest BCUT2D eigenvalue weighted by molar-refractivity contribution is 0.0172. The third-order valence-corrected chi connectivity index (χ3v) is 2.83. The summed E-state index contributed by atoms with van der Waals surface area (Å²) in [6, 6.07) is 0.0131. The van der Waals surface area contributed by atoms with Crippen LogP contribution in [0.4, 0.5) is 4.79 Å². The van der Waals surface area contributed by atoms with Crippen LogP contribution in [0.5, 0.6) is 0 Å². The zero-order valence-corrected chi connectivity index (χ0v) is 11.8. The molecule has 5 heteroatoms. The van der Waals surface area contributed by atoms with Gasteiger partial charge in [0.05, 0.1) is 12.1 Å². The van der Waals surface area contributed by atoms with Crippen LogP contribution in [-0.4, -0.2) is 40.8 Å². The summed E-state index contributed by atoms with van der Waals surface area (Å²) in [5, 5.41) is 0. The Bertz CT molecular complexity index is 361. The maximum atomic E-state index is 12.1. The lowest BCUT2D eigenvalue weighted by Crippen LogP contribution is -2.45. The molecule has 0 spiro atoms. The molecule has 0 N–H and O–H groups in total. The van der Waals surface area contributed by atoms with Crippen molar-refractivity contribution in [3.63, 3.8) is 0 Å². The van der Waals surface area contributed by atoms with E-state index in [2.05, 4.69) is 4.99 Å². The first-order chi connectivity index (χ1) is 8.19. The lowest BCUT2D eigenvalue weighted by atomic mass is 10.2. The second-order valence-electron chi connectivity index (χ2n) is 6.13. The van der Waals surface area contributed by atoms with Gasteiger partial charge in [0.1, 0.15) is 5.60 Å². The summed E-state index contributed by atoms with van der Waals surface area (Å²) in [5.74, 6) is 0. The van der Waals surface area contributed by atoms with E-state index < -0.39 is 11.1 Å². The molecular weight excluding hydrogens is 232 g/mol. The molecule has 0 unspecified atom stereocenters. The van der Waals surface area contributed by atoms with Crippen LogP contribution in [0, 0.1) is 0 Å². The molecule has 1 saturated carbocycles. The van der Waals surface area contributed by atoms with Gasteiger partial charge in [0.2, 0.25) is 6.08 Å². The predicted molar refractivity (Wildman–Crippen MR) is 68.2 cm³/mol.